The highest BCUT2D eigenvalue weighted by molar-refractivity contribution is 5.95. The fraction of sp³-hybridized carbons (Fsp3) is 0.212. The summed E-state index contributed by atoms with van der Waals surface area (Å²) in [6.07, 6.45) is -0.813. The second-order valence-corrected chi connectivity index (χ2v) is 9.86. The van der Waals surface area contributed by atoms with Crippen molar-refractivity contribution in [2.75, 3.05) is 0 Å². The van der Waals surface area contributed by atoms with Crippen LogP contribution in [-0.2, 0) is 9.68 Å². The van der Waals surface area contributed by atoms with E-state index in [0.29, 0.717) is 12.8 Å². The Bertz CT molecular complexity index is 1200. The van der Waals surface area contributed by atoms with Gasteiger partial charge in [-0.3, -0.25) is 0 Å². The Balaban J connectivity index is 1.18. The van der Waals surface area contributed by atoms with E-state index in [0.717, 1.165) is 33.7 Å². The van der Waals surface area contributed by atoms with E-state index in [4.69, 9.17) is 9.68 Å². The molecular formula is C33H30N2O3. The molecule has 190 valence electrons. The average Bonchev–Trinajstić information content (AvgIpc) is 3.66. The van der Waals surface area contributed by atoms with Crippen LogP contribution in [0.2, 0.25) is 0 Å². The Kier molecular flexibility index (Phi) is 7.01. The zero-order valence-corrected chi connectivity index (χ0v) is 21.0. The summed E-state index contributed by atoms with van der Waals surface area (Å²) in [6.45, 7) is 0. The fourth-order valence-electron chi connectivity index (χ4n) is 5.52. The lowest BCUT2D eigenvalue weighted by Crippen LogP contribution is -2.38. The van der Waals surface area contributed by atoms with Crippen LogP contribution >= 0.6 is 0 Å². The maximum Gasteiger partial charge on any atom is 0.162 e. The van der Waals surface area contributed by atoms with E-state index in [1.54, 1.807) is 0 Å². The van der Waals surface area contributed by atoms with Crippen molar-refractivity contribution >= 4 is 11.4 Å². The van der Waals surface area contributed by atoms with Gasteiger partial charge in [-0.1, -0.05) is 132 Å². The third kappa shape index (κ3) is 4.98. The van der Waals surface area contributed by atoms with Crippen LogP contribution in [0.5, 0.6) is 0 Å². The van der Waals surface area contributed by atoms with Crippen molar-refractivity contribution < 1.29 is 14.8 Å². The summed E-state index contributed by atoms with van der Waals surface area (Å²) in [4.78, 5) is 11.7. The molecule has 0 saturated carbocycles. The summed E-state index contributed by atoms with van der Waals surface area (Å²) >= 11 is 0. The molecule has 0 aromatic heterocycles. The van der Waals surface area contributed by atoms with Crippen LogP contribution in [0.4, 0.5) is 0 Å². The minimum Gasteiger partial charge on any atom is -0.389 e. The van der Waals surface area contributed by atoms with Crippen LogP contribution in [0.3, 0.4) is 0 Å². The van der Waals surface area contributed by atoms with Crippen molar-refractivity contribution in [3.05, 3.63) is 144 Å². The Morgan fingerprint density at radius 3 is 1.08 bits per heavy atom. The molecule has 2 aliphatic rings. The number of aliphatic hydroxyl groups excluding tert-OH is 1. The molecule has 1 N–H and O–H groups in total. The van der Waals surface area contributed by atoms with Crippen molar-refractivity contribution in [1.29, 1.82) is 0 Å². The van der Waals surface area contributed by atoms with Crippen molar-refractivity contribution in [1.82, 2.24) is 0 Å². The molecule has 0 saturated heterocycles. The summed E-state index contributed by atoms with van der Waals surface area (Å²) in [5, 5.41) is 20.3. The average molecular weight is 503 g/mol. The van der Waals surface area contributed by atoms with Gasteiger partial charge in [0.25, 0.3) is 0 Å². The minimum atomic E-state index is -0.864. The lowest BCUT2D eigenvalue weighted by molar-refractivity contribution is -0.0911. The highest BCUT2D eigenvalue weighted by atomic mass is 16.7. The molecule has 0 fully saturated rings. The molecule has 3 atom stereocenters. The number of oxime groups is 2. The Hall–Kier alpha value is -4.22. The molecule has 5 nitrogen and oxygen atoms in total. The maximum absolute atomic E-state index is 11.3. The SMILES string of the molecule is OC([C@@H]1CC(C(c2ccccc2)c2ccccc2)=NO1)[C@H]1CC(C(c2ccccc2)c2ccccc2)=NO1. The summed E-state index contributed by atoms with van der Waals surface area (Å²) in [5.74, 6) is -0.0714. The van der Waals surface area contributed by atoms with Crippen molar-refractivity contribution in [2.45, 2.75) is 43.0 Å². The smallest absolute Gasteiger partial charge is 0.162 e. The molecule has 1 unspecified atom stereocenters. The van der Waals surface area contributed by atoms with Gasteiger partial charge < -0.3 is 14.8 Å². The van der Waals surface area contributed by atoms with Gasteiger partial charge in [-0.2, -0.15) is 0 Å². The number of rotatable bonds is 8. The van der Waals surface area contributed by atoms with E-state index in [9.17, 15) is 5.11 Å². The summed E-state index contributed by atoms with van der Waals surface area (Å²) < 4.78 is 0. The molecule has 38 heavy (non-hydrogen) atoms. The summed E-state index contributed by atoms with van der Waals surface area (Å²) in [7, 11) is 0. The molecule has 0 aliphatic carbocycles. The molecule has 2 aliphatic heterocycles. The van der Waals surface area contributed by atoms with Gasteiger partial charge in [0.1, 0.15) is 6.10 Å². The summed E-state index contributed by atoms with van der Waals surface area (Å²) in [6, 6.07) is 41.2. The molecule has 4 aromatic rings. The molecule has 0 spiro atoms. The van der Waals surface area contributed by atoms with Crippen molar-refractivity contribution in [3.8, 4) is 0 Å². The quantitative estimate of drug-likeness (QED) is 0.307. The number of hydrogen-bond acceptors (Lipinski definition) is 5. The predicted molar refractivity (Wildman–Crippen MR) is 149 cm³/mol. The lowest BCUT2D eigenvalue weighted by atomic mass is 9.83. The van der Waals surface area contributed by atoms with Crippen LogP contribution in [0.25, 0.3) is 0 Å². The lowest BCUT2D eigenvalue weighted by Gasteiger charge is -2.22. The topological polar surface area (TPSA) is 63.4 Å². The van der Waals surface area contributed by atoms with Crippen LogP contribution in [0, 0.1) is 0 Å². The van der Waals surface area contributed by atoms with Gasteiger partial charge in [0.15, 0.2) is 12.2 Å². The van der Waals surface area contributed by atoms with Crippen molar-refractivity contribution in [2.24, 2.45) is 10.3 Å². The van der Waals surface area contributed by atoms with E-state index in [2.05, 4.69) is 58.8 Å². The number of aliphatic hydroxyl groups is 1. The zero-order chi connectivity index (χ0) is 25.7. The maximum atomic E-state index is 11.3. The first kappa shape index (κ1) is 24.1. The van der Waals surface area contributed by atoms with E-state index in [-0.39, 0.29) is 11.8 Å². The Labute approximate surface area is 223 Å². The Morgan fingerprint density at radius 2 is 0.789 bits per heavy atom. The van der Waals surface area contributed by atoms with Crippen LogP contribution < -0.4 is 0 Å². The van der Waals surface area contributed by atoms with Crippen molar-refractivity contribution in [3.63, 3.8) is 0 Å². The Morgan fingerprint density at radius 1 is 0.500 bits per heavy atom. The fourth-order valence-corrected chi connectivity index (χ4v) is 5.52. The van der Waals surface area contributed by atoms with Crippen LogP contribution in [-0.4, -0.2) is 34.8 Å². The second kappa shape index (κ2) is 11.0. The van der Waals surface area contributed by atoms with Crippen LogP contribution in [0.1, 0.15) is 46.9 Å². The molecule has 0 bridgehead atoms. The minimum absolute atomic E-state index is 0.0357. The number of nitrogens with zero attached hydrogens (tertiary/aromatic N) is 2. The first-order valence-corrected chi connectivity index (χ1v) is 13.1. The molecule has 4 aromatic carbocycles. The first-order valence-electron chi connectivity index (χ1n) is 13.1. The molecule has 2 heterocycles. The van der Waals surface area contributed by atoms with E-state index in [1.165, 1.54) is 0 Å². The zero-order valence-electron chi connectivity index (χ0n) is 21.0. The van der Waals surface area contributed by atoms with Gasteiger partial charge in [-0.15, -0.1) is 0 Å². The second-order valence-electron chi connectivity index (χ2n) is 9.86. The number of hydrogen-bond donors (Lipinski definition) is 1. The summed E-state index contributed by atoms with van der Waals surface area (Å²) in [5.41, 5.74) is 6.38. The van der Waals surface area contributed by atoms with Crippen LogP contribution in [0.15, 0.2) is 132 Å². The van der Waals surface area contributed by atoms with E-state index < -0.39 is 18.3 Å². The standard InChI is InChI=1S/C33H30N2O3/c36-33(29-21-27(34-37-29)31(23-13-5-1-6-14-23)24-15-7-2-8-16-24)30-22-28(35-38-30)32(25-17-9-3-10-18-25)26-19-11-4-12-20-26/h1-20,29-33,36H,21-22H2/t29-,30+,33?. The van der Waals surface area contributed by atoms with Gasteiger partial charge in [0.2, 0.25) is 0 Å². The molecule has 6 rings (SSSR count). The highest BCUT2D eigenvalue weighted by Gasteiger charge is 2.41. The third-order valence-electron chi connectivity index (χ3n) is 7.39. The predicted octanol–water partition coefficient (Wildman–Crippen LogP) is 6.30. The largest absolute Gasteiger partial charge is 0.389 e. The highest BCUT2D eigenvalue weighted by Crippen LogP contribution is 2.35. The normalized spacial score (nSPS) is 19.6. The molecular weight excluding hydrogens is 472 g/mol. The molecule has 0 radical (unpaired) electrons. The van der Waals surface area contributed by atoms with Gasteiger partial charge in [-0.05, 0) is 22.3 Å². The monoisotopic (exact) mass is 502 g/mol. The van der Waals surface area contributed by atoms with Gasteiger partial charge >= 0.3 is 0 Å². The van der Waals surface area contributed by atoms with E-state index >= 15 is 0 Å². The molecule has 0 amide bonds. The van der Waals surface area contributed by atoms with Gasteiger partial charge in [-0.25, -0.2) is 0 Å². The van der Waals surface area contributed by atoms with Gasteiger partial charge in [0.05, 0.1) is 23.3 Å². The first-order chi connectivity index (χ1) is 18.8. The number of benzene rings is 4. The third-order valence-corrected chi connectivity index (χ3v) is 7.39. The van der Waals surface area contributed by atoms with Gasteiger partial charge in [0, 0.05) is 12.8 Å². The van der Waals surface area contributed by atoms with E-state index in [1.807, 2.05) is 72.8 Å². The molecule has 5 heteroatoms.